The van der Waals surface area contributed by atoms with Crippen molar-refractivity contribution in [1.29, 1.82) is 0 Å². The fraction of sp³-hybridized carbons (Fsp3) is 0.929. The summed E-state index contributed by atoms with van der Waals surface area (Å²) >= 11 is 0. The lowest BCUT2D eigenvalue weighted by molar-refractivity contribution is -0.148. The van der Waals surface area contributed by atoms with E-state index in [1.54, 1.807) is 0 Å². The molecule has 1 atom stereocenters. The minimum Gasteiger partial charge on any atom is -0.468 e. The topological polar surface area (TPSA) is 47.6 Å². The molecule has 0 bridgehead atoms. The number of hydrogen-bond donors (Lipinski definition) is 1. The Morgan fingerprint density at radius 2 is 2.11 bits per heavy atom. The van der Waals surface area contributed by atoms with Gasteiger partial charge in [-0.1, -0.05) is 0 Å². The fourth-order valence-corrected chi connectivity index (χ4v) is 2.16. The molecule has 1 aliphatic rings. The molecule has 1 unspecified atom stereocenters. The molecule has 0 aliphatic heterocycles. The highest BCUT2D eigenvalue weighted by Gasteiger charge is 2.34. The summed E-state index contributed by atoms with van der Waals surface area (Å²) in [4.78, 5) is 11.8. The van der Waals surface area contributed by atoms with Gasteiger partial charge in [-0.3, -0.25) is 10.1 Å². The van der Waals surface area contributed by atoms with Gasteiger partial charge in [-0.2, -0.15) is 0 Å². The fourth-order valence-electron chi connectivity index (χ4n) is 2.16. The van der Waals surface area contributed by atoms with E-state index in [0.717, 1.165) is 32.0 Å². The summed E-state index contributed by atoms with van der Waals surface area (Å²) in [5.41, 5.74) is -0.605. The molecule has 4 nitrogen and oxygen atoms in total. The summed E-state index contributed by atoms with van der Waals surface area (Å²) in [7, 11) is 1.44. The number of methoxy groups -OCH3 is 1. The Kier molecular flexibility index (Phi) is 6.09. The molecule has 0 amide bonds. The molecule has 0 spiro atoms. The first-order chi connectivity index (χ1) is 8.48. The Bertz CT molecular complexity index is 264. The van der Waals surface area contributed by atoms with Crippen molar-refractivity contribution in [3.05, 3.63) is 0 Å². The van der Waals surface area contributed by atoms with Gasteiger partial charge in [0.15, 0.2) is 0 Å². The molecule has 4 heteroatoms. The molecular weight excluding hydrogens is 230 g/mol. The highest BCUT2D eigenvalue weighted by Crippen LogP contribution is 2.28. The predicted molar refractivity (Wildman–Crippen MR) is 71.5 cm³/mol. The first-order valence-electron chi connectivity index (χ1n) is 6.92. The van der Waals surface area contributed by atoms with Crippen LogP contribution in [-0.2, 0) is 14.3 Å². The average Bonchev–Trinajstić information content (AvgIpc) is 3.10. The Morgan fingerprint density at radius 1 is 1.44 bits per heavy atom. The smallest absolute Gasteiger partial charge is 0.325 e. The van der Waals surface area contributed by atoms with E-state index in [1.807, 2.05) is 20.8 Å². The third-order valence-corrected chi connectivity index (χ3v) is 3.26. The summed E-state index contributed by atoms with van der Waals surface area (Å²) < 4.78 is 10.5. The van der Waals surface area contributed by atoms with Crippen molar-refractivity contribution in [2.45, 2.75) is 58.0 Å². The van der Waals surface area contributed by atoms with Crippen LogP contribution >= 0.6 is 0 Å². The quantitative estimate of drug-likeness (QED) is 0.508. The Balaban J connectivity index is 2.27. The van der Waals surface area contributed by atoms with Crippen molar-refractivity contribution >= 4 is 5.97 Å². The molecule has 18 heavy (non-hydrogen) atoms. The maximum atomic E-state index is 11.8. The monoisotopic (exact) mass is 257 g/mol. The van der Waals surface area contributed by atoms with E-state index >= 15 is 0 Å². The van der Waals surface area contributed by atoms with Crippen LogP contribution in [0.3, 0.4) is 0 Å². The zero-order chi connectivity index (χ0) is 13.6. The second-order valence-corrected chi connectivity index (χ2v) is 5.74. The molecule has 1 rings (SSSR count). The highest BCUT2D eigenvalue weighted by atomic mass is 16.5. The molecule has 1 fully saturated rings. The summed E-state index contributed by atoms with van der Waals surface area (Å²) in [6.45, 7) is 7.57. The molecule has 0 radical (unpaired) electrons. The van der Waals surface area contributed by atoms with Crippen molar-refractivity contribution in [1.82, 2.24) is 5.32 Å². The minimum absolute atomic E-state index is 0.196. The van der Waals surface area contributed by atoms with Crippen LogP contribution in [0.5, 0.6) is 0 Å². The molecule has 1 N–H and O–H groups in total. The second kappa shape index (κ2) is 7.10. The summed E-state index contributed by atoms with van der Waals surface area (Å²) in [5, 5.41) is 3.29. The zero-order valence-electron chi connectivity index (χ0n) is 12.1. The van der Waals surface area contributed by atoms with Gasteiger partial charge in [-0.05, 0) is 52.4 Å². The van der Waals surface area contributed by atoms with Gasteiger partial charge < -0.3 is 9.47 Å². The van der Waals surface area contributed by atoms with Crippen LogP contribution in [0.1, 0.15) is 46.5 Å². The first-order valence-corrected chi connectivity index (χ1v) is 6.92. The molecule has 0 aromatic carbocycles. The Labute approximate surface area is 110 Å². The Morgan fingerprint density at radius 3 is 2.61 bits per heavy atom. The van der Waals surface area contributed by atoms with Crippen LogP contribution < -0.4 is 5.32 Å². The summed E-state index contributed by atoms with van der Waals surface area (Å²) in [6, 6.07) is 0.251. The van der Waals surface area contributed by atoms with Crippen LogP contribution in [0.4, 0.5) is 0 Å². The van der Waals surface area contributed by atoms with Gasteiger partial charge in [-0.15, -0.1) is 0 Å². The minimum atomic E-state index is -0.605. The zero-order valence-corrected chi connectivity index (χ0v) is 12.1. The highest BCUT2D eigenvalue weighted by molar-refractivity contribution is 5.80. The lowest BCUT2D eigenvalue weighted by Crippen LogP contribution is -2.53. The number of hydrogen-bond acceptors (Lipinski definition) is 4. The number of ether oxygens (including phenoxy) is 2. The van der Waals surface area contributed by atoms with Gasteiger partial charge in [0.1, 0.15) is 5.54 Å². The number of carbonyl (C=O) groups excluding carboxylic acids is 1. The van der Waals surface area contributed by atoms with Gasteiger partial charge in [0.05, 0.1) is 7.11 Å². The van der Waals surface area contributed by atoms with E-state index in [1.165, 1.54) is 20.0 Å². The molecule has 0 aromatic heterocycles. The van der Waals surface area contributed by atoms with E-state index in [4.69, 9.17) is 9.47 Å². The van der Waals surface area contributed by atoms with E-state index in [9.17, 15) is 4.79 Å². The number of esters is 1. The molecule has 1 saturated carbocycles. The lowest BCUT2D eigenvalue weighted by atomic mass is 9.95. The van der Waals surface area contributed by atoms with E-state index in [-0.39, 0.29) is 12.0 Å². The van der Waals surface area contributed by atoms with Crippen molar-refractivity contribution in [3.63, 3.8) is 0 Å². The van der Waals surface area contributed by atoms with Crippen LogP contribution in [0.25, 0.3) is 0 Å². The van der Waals surface area contributed by atoms with Gasteiger partial charge in [0, 0.05) is 19.3 Å². The first kappa shape index (κ1) is 15.4. The van der Waals surface area contributed by atoms with E-state index in [2.05, 4.69) is 5.32 Å². The third kappa shape index (κ3) is 5.36. The van der Waals surface area contributed by atoms with Crippen LogP contribution in [0.15, 0.2) is 0 Å². The molecule has 0 aromatic rings. The molecule has 0 heterocycles. The number of carbonyl (C=O) groups is 1. The number of rotatable bonds is 9. The molecule has 106 valence electrons. The standard InChI is InChI=1S/C14H27NO3/c1-11(2)15-14(3,13(16)17-4)8-5-9-18-10-12-6-7-12/h11-12,15H,5-10H2,1-4H3. The van der Waals surface area contributed by atoms with Crippen molar-refractivity contribution in [2.75, 3.05) is 20.3 Å². The molecule has 1 aliphatic carbocycles. The van der Waals surface area contributed by atoms with Crippen LogP contribution in [0, 0.1) is 5.92 Å². The largest absolute Gasteiger partial charge is 0.468 e. The van der Waals surface area contributed by atoms with Gasteiger partial charge >= 0.3 is 5.97 Å². The normalized spacial score (nSPS) is 18.7. The molecular formula is C14H27NO3. The van der Waals surface area contributed by atoms with E-state index < -0.39 is 5.54 Å². The van der Waals surface area contributed by atoms with Gasteiger partial charge in [-0.25, -0.2) is 0 Å². The second-order valence-electron chi connectivity index (χ2n) is 5.74. The van der Waals surface area contributed by atoms with Crippen molar-refractivity contribution < 1.29 is 14.3 Å². The molecule has 0 saturated heterocycles. The Hall–Kier alpha value is -0.610. The van der Waals surface area contributed by atoms with Crippen molar-refractivity contribution in [3.8, 4) is 0 Å². The maximum Gasteiger partial charge on any atom is 0.325 e. The lowest BCUT2D eigenvalue weighted by Gasteiger charge is -2.30. The van der Waals surface area contributed by atoms with Crippen molar-refractivity contribution in [2.24, 2.45) is 5.92 Å². The van der Waals surface area contributed by atoms with Gasteiger partial charge in [0.2, 0.25) is 0 Å². The van der Waals surface area contributed by atoms with Crippen LogP contribution in [-0.4, -0.2) is 37.9 Å². The third-order valence-electron chi connectivity index (χ3n) is 3.26. The maximum absolute atomic E-state index is 11.8. The summed E-state index contributed by atoms with van der Waals surface area (Å²) in [6.07, 6.45) is 4.24. The average molecular weight is 257 g/mol. The van der Waals surface area contributed by atoms with E-state index in [0.29, 0.717) is 0 Å². The summed E-state index contributed by atoms with van der Waals surface area (Å²) in [5.74, 6) is 0.601. The predicted octanol–water partition coefficient (Wildman–Crippen LogP) is 2.12. The van der Waals surface area contributed by atoms with Gasteiger partial charge in [0.25, 0.3) is 0 Å². The van der Waals surface area contributed by atoms with Crippen LogP contribution in [0.2, 0.25) is 0 Å². The number of nitrogens with one attached hydrogen (secondary N) is 1. The SMILES string of the molecule is COC(=O)C(C)(CCCOCC1CC1)NC(C)C.